The Hall–Kier alpha value is -2.32. The fraction of sp³-hybridized carbons (Fsp3) is 0.588. The van der Waals surface area contributed by atoms with Crippen molar-refractivity contribution in [1.29, 1.82) is 0 Å². The fourth-order valence-corrected chi connectivity index (χ4v) is 2.99. The number of halogens is 3. The molecule has 0 unspecified atom stereocenters. The first-order valence-corrected chi connectivity index (χ1v) is 8.62. The minimum absolute atomic E-state index is 0.0556. The third-order valence-electron chi connectivity index (χ3n) is 4.47. The molecule has 6 nitrogen and oxygen atoms in total. The SMILES string of the molecule is CCCCCC(=O)N1CCN(c2ccc(C(F)(F)F)cc2[N+](=O)[O-])CC1. The first kappa shape index (κ1) is 20.0. The molecule has 26 heavy (non-hydrogen) atoms. The van der Waals surface area contributed by atoms with Gasteiger partial charge >= 0.3 is 6.18 Å². The van der Waals surface area contributed by atoms with Crippen LogP contribution in [0.2, 0.25) is 0 Å². The summed E-state index contributed by atoms with van der Waals surface area (Å²) in [6, 6.07) is 2.56. The molecule has 1 aromatic carbocycles. The van der Waals surface area contributed by atoms with E-state index in [1.807, 2.05) is 0 Å². The molecule has 1 aliphatic heterocycles. The molecule has 0 atom stereocenters. The van der Waals surface area contributed by atoms with Gasteiger partial charge in [-0.25, -0.2) is 0 Å². The van der Waals surface area contributed by atoms with Crippen LogP contribution in [0, 0.1) is 10.1 Å². The third kappa shape index (κ3) is 4.86. The highest BCUT2D eigenvalue weighted by atomic mass is 19.4. The van der Waals surface area contributed by atoms with E-state index in [-0.39, 0.29) is 11.6 Å². The summed E-state index contributed by atoms with van der Waals surface area (Å²) >= 11 is 0. The van der Waals surface area contributed by atoms with E-state index in [0.29, 0.717) is 38.7 Å². The van der Waals surface area contributed by atoms with Gasteiger partial charge in [0.2, 0.25) is 5.91 Å². The van der Waals surface area contributed by atoms with Crippen LogP contribution >= 0.6 is 0 Å². The zero-order valence-electron chi connectivity index (χ0n) is 14.6. The van der Waals surface area contributed by atoms with Gasteiger partial charge in [-0.2, -0.15) is 13.2 Å². The van der Waals surface area contributed by atoms with Crippen molar-refractivity contribution < 1.29 is 22.9 Å². The molecule has 1 aromatic rings. The summed E-state index contributed by atoms with van der Waals surface area (Å²) in [4.78, 5) is 25.9. The van der Waals surface area contributed by atoms with Crippen molar-refractivity contribution in [3.63, 3.8) is 0 Å². The Morgan fingerprint density at radius 3 is 2.38 bits per heavy atom. The Labute approximate surface area is 149 Å². The van der Waals surface area contributed by atoms with Gasteiger partial charge in [-0.3, -0.25) is 14.9 Å². The second-order valence-electron chi connectivity index (χ2n) is 6.28. The number of alkyl halides is 3. The number of piperazine rings is 1. The number of unbranched alkanes of at least 4 members (excludes halogenated alkanes) is 2. The zero-order chi connectivity index (χ0) is 19.3. The van der Waals surface area contributed by atoms with E-state index in [4.69, 9.17) is 0 Å². The Morgan fingerprint density at radius 1 is 1.19 bits per heavy atom. The molecule has 0 N–H and O–H groups in total. The van der Waals surface area contributed by atoms with Crippen molar-refractivity contribution in [2.24, 2.45) is 0 Å². The maximum atomic E-state index is 12.8. The number of hydrogen-bond acceptors (Lipinski definition) is 4. The molecular weight excluding hydrogens is 351 g/mol. The molecule has 2 rings (SSSR count). The van der Waals surface area contributed by atoms with Gasteiger partial charge in [-0.1, -0.05) is 19.8 Å². The summed E-state index contributed by atoms with van der Waals surface area (Å²) in [6.45, 7) is 3.57. The molecular formula is C17H22F3N3O3. The standard InChI is InChI=1S/C17H22F3N3O3/c1-2-3-4-5-16(24)22-10-8-21(9-11-22)14-7-6-13(17(18,19)20)12-15(14)23(25)26/h6-7,12H,2-5,8-11H2,1H3. The van der Waals surface area contributed by atoms with Crippen LogP contribution in [-0.2, 0) is 11.0 Å². The summed E-state index contributed by atoms with van der Waals surface area (Å²) in [5, 5.41) is 11.2. The Morgan fingerprint density at radius 2 is 1.85 bits per heavy atom. The number of anilines is 1. The molecule has 0 saturated carbocycles. The van der Waals surface area contributed by atoms with Crippen LogP contribution in [0.3, 0.4) is 0 Å². The second kappa shape index (κ2) is 8.37. The van der Waals surface area contributed by atoms with Crippen LogP contribution in [-0.4, -0.2) is 41.9 Å². The number of hydrogen-bond donors (Lipinski definition) is 0. The lowest BCUT2D eigenvalue weighted by molar-refractivity contribution is -0.384. The predicted octanol–water partition coefficient (Wildman–Crippen LogP) is 3.84. The molecule has 0 radical (unpaired) electrons. The summed E-state index contributed by atoms with van der Waals surface area (Å²) in [6.07, 6.45) is -1.30. The lowest BCUT2D eigenvalue weighted by Crippen LogP contribution is -2.48. The molecule has 1 saturated heterocycles. The van der Waals surface area contributed by atoms with E-state index in [1.54, 1.807) is 9.80 Å². The van der Waals surface area contributed by atoms with Gasteiger partial charge in [0, 0.05) is 38.7 Å². The van der Waals surface area contributed by atoms with E-state index < -0.39 is 22.4 Å². The number of benzene rings is 1. The molecule has 1 heterocycles. The molecule has 0 spiro atoms. The molecule has 1 fully saturated rings. The monoisotopic (exact) mass is 373 g/mol. The topological polar surface area (TPSA) is 66.7 Å². The molecule has 0 aliphatic carbocycles. The van der Waals surface area contributed by atoms with Crippen LogP contribution < -0.4 is 4.90 Å². The average Bonchev–Trinajstić information content (AvgIpc) is 2.60. The van der Waals surface area contributed by atoms with Gasteiger partial charge in [-0.15, -0.1) is 0 Å². The Kier molecular flexibility index (Phi) is 6.44. The van der Waals surface area contributed by atoms with Crippen LogP contribution in [0.4, 0.5) is 24.5 Å². The molecule has 0 aromatic heterocycles. The first-order valence-electron chi connectivity index (χ1n) is 8.62. The minimum Gasteiger partial charge on any atom is -0.362 e. The Bertz CT molecular complexity index is 656. The van der Waals surface area contributed by atoms with Crippen molar-refractivity contribution in [3.8, 4) is 0 Å². The van der Waals surface area contributed by atoms with Gasteiger partial charge in [0.1, 0.15) is 5.69 Å². The maximum absolute atomic E-state index is 12.8. The van der Waals surface area contributed by atoms with Gasteiger partial charge < -0.3 is 9.80 Å². The number of rotatable bonds is 6. The number of carbonyl (C=O) groups is 1. The highest BCUT2D eigenvalue weighted by Crippen LogP contribution is 2.36. The fourth-order valence-electron chi connectivity index (χ4n) is 2.99. The molecule has 9 heteroatoms. The van der Waals surface area contributed by atoms with Gasteiger partial charge in [0.15, 0.2) is 0 Å². The smallest absolute Gasteiger partial charge is 0.362 e. The zero-order valence-corrected chi connectivity index (χ0v) is 14.6. The van der Waals surface area contributed by atoms with Gasteiger partial charge in [0.25, 0.3) is 5.69 Å². The summed E-state index contributed by atoms with van der Waals surface area (Å²) in [7, 11) is 0. The van der Waals surface area contributed by atoms with Crippen molar-refractivity contribution in [1.82, 2.24) is 4.90 Å². The highest BCUT2D eigenvalue weighted by Gasteiger charge is 2.34. The number of nitro benzene ring substituents is 1. The maximum Gasteiger partial charge on any atom is 0.416 e. The predicted molar refractivity (Wildman–Crippen MR) is 91.0 cm³/mol. The van der Waals surface area contributed by atoms with Gasteiger partial charge in [0.05, 0.1) is 10.5 Å². The van der Waals surface area contributed by atoms with Crippen LogP contribution in [0.25, 0.3) is 0 Å². The molecule has 1 aliphatic rings. The number of carbonyl (C=O) groups excluding carboxylic acids is 1. The second-order valence-corrected chi connectivity index (χ2v) is 6.28. The normalized spacial score (nSPS) is 15.2. The number of nitrogens with zero attached hydrogens (tertiary/aromatic N) is 3. The van der Waals surface area contributed by atoms with E-state index >= 15 is 0 Å². The van der Waals surface area contributed by atoms with E-state index in [9.17, 15) is 28.1 Å². The molecule has 0 bridgehead atoms. The third-order valence-corrected chi connectivity index (χ3v) is 4.47. The lowest BCUT2D eigenvalue weighted by Gasteiger charge is -2.36. The van der Waals surface area contributed by atoms with E-state index in [1.165, 1.54) is 0 Å². The van der Waals surface area contributed by atoms with Crippen molar-refractivity contribution >= 4 is 17.3 Å². The van der Waals surface area contributed by atoms with Crippen LogP contribution in [0.1, 0.15) is 38.2 Å². The minimum atomic E-state index is -4.63. The quantitative estimate of drug-likeness (QED) is 0.432. The summed E-state index contributed by atoms with van der Waals surface area (Å²) < 4.78 is 38.4. The largest absolute Gasteiger partial charge is 0.416 e. The van der Waals surface area contributed by atoms with Crippen LogP contribution in [0.5, 0.6) is 0 Å². The lowest BCUT2D eigenvalue weighted by atomic mass is 10.1. The van der Waals surface area contributed by atoms with E-state index in [2.05, 4.69) is 6.92 Å². The summed E-state index contributed by atoms with van der Waals surface area (Å²) in [5.41, 5.74) is -1.46. The highest BCUT2D eigenvalue weighted by molar-refractivity contribution is 5.76. The molecule has 144 valence electrons. The number of amides is 1. The summed E-state index contributed by atoms with van der Waals surface area (Å²) in [5.74, 6) is 0.0556. The van der Waals surface area contributed by atoms with Crippen LogP contribution in [0.15, 0.2) is 18.2 Å². The van der Waals surface area contributed by atoms with Crippen molar-refractivity contribution in [2.75, 3.05) is 31.1 Å². The molecule has 1 amide bonds. The van der Waals surface area contributed by atoms with E-state index in [0.717, 1.165) is 31.4 Å². The van der Waals surface area contributed by atoms with Gasteiger partial charge in [-0.05, 0) is 18.6 Å². The average molecular weight is 373 g/mol. The Balaban J connectivity index is 2.07. The first-order chi connectivity index (χ1) is 12.2. The number of nitro groups is 1. The van der Waals surface area contributed by atoms with Crippen molar-refractivity contribution in [3.05, 3.63) is 33.9 Å². The van der Waals surface area contributed by atoms with Crippen molar-refractivity contribution in [2.45, 2.75) is 38.8 Å².